The molecule has 2 aromatic rings. The maximum atomic E-state index is 12.7. The molecule has 0 aliphatic rings. The smallest absolute Gasteiger partial charge is 0.343 e. The van der Waals surface area contributed by atoms with E-state index in [-0.39, 0.29) is 5.82 Å². The summed E-state index contributed by atoms with van der Waals surface area (Å²) >= 11 is 0. The number of halogens is 1. The zero-order valence-electron chi connectivity index (χ0n) is 15.3. The molecule has 0 aromatic heterocycles. The van der Waals surface area contributed by atoms with Gasteiger partial charge in [-0.1, -0.05) is 20.8 Å². The molecule has 0 amide bonds. The molecule has 136 valence electrons. The summed E-state index contributed by atoms with van der Waals surface area (Å²) in [5.41, 5.74) is 0.403. The highest BCUT2D eigenvalue weighted by molar-refractivity contribution is 5.91. The molecule has 0 heterocycles. The van der Waals surface area contributed by atoms with Crippen LogP contribution in [0.3, 0.4) is 0 Å². The molecule has 0 radical (unpaired) electrons. The van der Waals surface area contributed by atoms with Gasteiger partial charge in [0.15, 0.2) is 0 Å². The normalized spacial score (nSPS) is 10.0. The lowest BCUT2D eigenvalue weighted by Crippen LogP contribution is -2.21. The number of rotatable bonds is 6. The van der Waals surface area contributed by atoms with Crippen LogP contribution in [-0.2, 0) is 0 Å². The number of esters is 1. The van der Waals surface area contributed by atoms with Gasteiger partial charge in [0.25, 0.3) is 0 Å². The second-order valence-electron chi connectivity index (χ2n) is 5.19. The average molecular weight is 347 g/mol. The molecule has 0 saturated heterocycles. The number of nitrogens with zero attached hydrogens (tertiary/aromatic N) is 1. The molecule has 0 N–H and O–H groups in total. The van der Waals surface area contributed by atoms with Crippen molar-refractivity contribution < 1.29 is 18.7 Å². The quantitative estimate of drug-likeness (QED) is 0.573. The molecule has 0 aliphatic carbocycles. The van der Waals surface area contributed by atoms with Crippen LogP contribution in [0.15, 0.2) is 48.5 Å². The first-order valence-electron chi connectivity index (χ1n) is 8.38. The molecule has 25 heavy (non-hydrogen) atoms. The predicted octanol–water partition coefficient (Wildman–Crippen LogP) is 4.40. The maximum Gasteiger partial charge on any atom is 0.343 e. The van der Waals surface area contributed by atoms with E-state index in [0.717, 1.165) is 0 Å². The number of carbonyl (C=O) groups excluding carboxylic acids is 1. The number of benzene rings is 2. The van der Waals surface area contributed by atoms with Gasteiger partial charge in [0.1, 0.15) is 17.3 Å². The standard InChI is InChI=1S/C14H11FO3.C6H15N/c1-17-12-6-2-10(3-7-12)14(16)18-13-8-4-11(15)5-9-13;1-4-7(5-2)6-3/h2-9H,1H3;4-6H2,1-3H3. The van der Waals surface area contributed by atoms with E-state index < -0.39 is 5.97 Å². The lowest BCUT2D eigenvalue weighted by Gasteiger charge is -2.13. The Balaban J connectivity index is 0.000000381. The number of hydrogen-bond donors (Lipinski definition) is 0. The van der Waals surface area contributed by atoms with E-state index in [4.69, 9.17) is 9.47 Å². The third kappa shape index (κ3) is 7.35. The highest BCUT2D eigenvalue weighted by Crippen LogP contribution is 2.15. The third-order valence-corrected chi connectivity index (χ3v) is 3.69. The Morgan fingerprint density at radius 2 is 1.36 bits per heavy atom. The van der Waals surface area contributed by atoms with Crippen LogP contribution in [0.25, 0.3) is 0 Å². The highest BCUT2D eigenvalue weighted by Gasteiger charge is 2.08. The van der Waals surface area contributed by atoms with Gasteiger partial charge in [-0.2, -0.15) is 0 Å². The second-order valence-corrected chi connectivity index (χ2v) is 5.19. The van der Waals surface area contributed by atoms with Crippen molar-refractivity contribution in [1.82, 2.24) is 4.90 Å². The molecule has 0 atom stereocenters. The minimum Gasteiger partial charge on any atom is -0.497 e. The third-order valence-electron chi connectivity index (χ3n) is 3.69. The van der Waals surface area contributed by atoms with Crippen molar-refractivity contribution in [2.24, 2.45) is 0 Å². The molecule has 0 unspecified atom stereocenters. The average Bonchev–Trinajstić information content (AvgIpc) is 2.65. The van der Waals surface area contributed by atoms with Gasteiger partial charge in [0, 0.05) is 0 Å². The molecule has 2 rings (SSSR count). The van der Waals surface area contributed by atoms with Gasteiger partial charge in [-0.25, -0.2) is 9.18 Å². The number of hydrogen-bond acceptors (Lipinski definition) is 4. The fourth-order valence-electron chi connectivity index (χ4n) is 2.07. The van der Waals surface area contributed by atoms with Crippen LogP contribution in [0, 0.1) is 5.82 Å². The lowest BCUT2D eigenvalue weighted by atomic mass is 10.2. The van der Waals surface area contributed by atoms with E-state index in [0.29, 0.717) is 17.1 Å². The SMILES string of the molecule is CCN(CC)CC.COc1ccc(C(=O)Oc2ccc(F)cc2)cc1. The van der Waals surface area contributed by atoms with E-state index in [1.165, 1.54) is 43.9 Å². The fraction of sp³-hybridized carbons (Fsp3) is 0.350. The van der Waals surface area contributed by atoms with Crippen LogP contribution < -0.4 is 9.47 Å². The predicted molar refractivity (Wildman–Crippen MR) is 97.8 cm³/mol. The van der Waals surface area contributed by atoms with Gasteiger partial charge in [-0.15, -0.1) is 0 Å². The fourth-order valence-corrected chi connectivity index (χ4v) is 2.07. The Morgan fingerprint density at radius 1 is 0.880 bits per heavy atom. The minimum absolute atomic E-state index is 0.303. The van der Waals surface area contributed by atoms with Crippen LogP contribution in [0.2, 0.25) is 0 Å². The summed E-state index contributed by atoms with van der Waals surface area (Å²) in [6, 6.07) is 11.8. The number of methoxy groups -OCH3 is 1. The molecular weight excluding hydrogens is 321 g/mol. The molecule has 0 fully saturated rings. The molecule has 0 aliphatic heterocycles. The van der Waals surface area contributed by atoms with E-state index >= 15 is 0 Å². The van der Waals surface area contributed by atoms with E-state index in [1.54, 1.807) is 31.4 Å². The number of carbonyl (C=O) groups is 1. The maximum absolute atomic E-state index is 12.7. The Labute approximate surface area is 149 Å². The van der Waals surface area contributed by atoms with Crippen LogP contribution in [-0.4, -0.2) is 37.6 Å². The van der Waals surface area contributed by atoms with E-state index in [2.05, 4.69) is 25.7 Å². The first kappa shape index (κ1) is 20.6. The monoisotopic (exact) mass is 347 g/mol. The second kappa shape index (κ2) is 11.2. The van der Waals surface area contributed by atoms with Crippen molar-refractivity contribution in [2.45, 2.75) is 20.8 Å². The van der Waals surface area contributed by atoms with E-state index in [1.807, 2.05) is 0 Å². The van der Waals surface area contributed by atoms with Crippen LogP contribution in [0.5, 0.6) is 11.5 Å². The summed E-state index contributed by atoms with van der Waals surface area (Å²) in [7, 11) is 1.55. The zero-order valence-corrected chi connectivity index (χ0v) is 15.3. The highest BCUT2D eigenvalue weighted by atomic mass is 19.1. The van der Waals surface area contributed by atoms with Crippen molar-refractivity contribution >= 4 is 5.97 Å². The Morgan fingerprint density at radius 3 is 1.76 bits per heavy atom. The summed E-state index contributed by atoms with van der Waals surface area (Å²) in [6.07, 6.45) is 0. The minimum atomic E-state index is -0.496. The summed E-state index contributed by atoms with van der Waals surface area (Å²) in [5, 5.41) is 0. The Kier molecular flexibility index (Phi) is 9.25. The van der Waals surface area contributed by atoms with Gasteiger partial charge in [0.2, 0.25) is 0 Å². The van der Waals surface area contributed by atoms with Gasteiger partial charge >= 0.3 is 5.97 Å². The van der Waals surface area contributed by atoms with Gasteiger partial charge in [0.05, 0.1) is 12.7 Å². The Bertz CT molecular complexity index is 617. The first-order valence-corrected chi connectivity index (χ1v) is 8.38. The van der Waals surface area contributed by atoms with Gasteiger partial charge in [-0.3, -0.25) is 0 Å². The Hall–Kier alpha value is -2.40. The summed E-state index contributed by atoms with van der Waals surface area (Å²) < 4.78 is 22.7. The van der Waals surface area contributed by atoms with Crippen molar-refractivity contribution in [1.29, 1.82) is 0 Å². The zero-order chi connectivity index (χ0) is 18.7. The van der Waals surface area contributed by atoms with E-state index in [9.17, 15) is 9.18 Å². The van der Waals surface area contributed by atoms with Crippen LogP contribution in [0.4, 0.5) is 4.39 Å². The molecule has 2 aromatic carbocycles. The molecule has 0 spiro atoms. The summed E-state index contributed by atoms with van der Waals surface area (Å²) in [5.74, 6) is 0.0917. The van der Waals surface area contributed by atoms with Crippen molar-refractivity contribution in [3.05, 3.63) is 59.9 Å². The van der Waals surface area contributed by atoms with Crippen molar-refractivity contribution in [3.63, 3.8) is 0 Å². The van der Waals surface area contributed by atoms with Crippen LogP contribution in [0.1, 0.15) is 31.1 Å². The molecule has 0 bridgehead atoms. The molecular formula is C20H26FNO3. The largest absolute Gasteiger partial charge is 0.497 e. The van der Waals surface area contributed by atoms with Gasteiger partial charge < -0.3 is 14.4 Å². The van der Waals surface area contributed by atoms with Gasteiger partial charge in [-0.05, 0) is 68.2 Å². The topological polar surface area (TPSA) is 38.8 Å². The molecule has 5 heteroatoms. The van der Waals surface area contributed by atoms with Crippen molar-refractivity contribution in [3.8, 4) is 11.5 Å². The lowest BCUT2D eigenvalue weighted by molar-refractivity contribution is 0.0734. The van der Waals surface area contributed by atoms with Crippen LogP contribution >= 0.6 is 0 Å². The number of ether oxygens (including phenoxy) is 2. The molecule has 4 nitrogen and oxygen atoms in total. The summed E-state index contributed by atoms with van der Waals surface area (Å²) in [4.78, 5) is 14.1. The van der Waals surface area contributed by atoms with Crippen molar-refractivity contribution in [2.75, 3.05) is 26.7 Å². The summed E-state index contributed by atoms with van der Waals surface area (Å²) in [6.45, 7) is 10.1. The molecule has 0 saturated carbocycles. The first-order chi connectivity index (χ1) is 12.0.